The molecule has 0 bridgehead atoms. The molecule has 1 aromatic carbocycles. The number of rotatable bonds is 7. The maximum Gasteiger partial charge on any atom is 0.167 e. The summed E-state index contributed by atoms with van der Waals surface area (Å²) >= 11 is 0. The van der Waals surface area contributed by atoms with Crippen LogP contribution in [0, 0.1) is 23.6 Å². The highest BCUT2D eigenvalue weighted by Gasteiger charge is 2.20. The average molecular weight is 266 g/mol. The maximum atomic E-state index is 13.6. The predicted octanol–water partition coefficient (Wildman–Crippen LogP) is 3.65. The molecular formula is C15H23FN2O. The van der Waals surface area contributed by atoms with Gasteiger partial charge in [-0.15, -0.1) is 0 Å². The second-order valence-corrected chi connectivity index (χ2v) is 5.49. The van der Waals surface area contributed by atoms with Crippen molar-refractivity contribution in [3.8, 4) is 5.75 Å². The monoisotopic (exact) mass is 266 g/mol. The maximum absolute atomic E-state index is 13.6. The Bertz CT molecular complexity index is 444. The molecule has 4 heteroatoms. The lowest BCUT2D eigenvalue weighted by molar-refractivity contribution is 0.283. The van der Waals surface area contributed by atoms with Crippen molar-refractivity contribution in [1.82, 2.24) is 0 Å². The summed E-state index contributed by atoms with van der Waals surface area (Å²) in [5, 5.41) is 7.46. The number of ether oxygens (including phenoxy) is 1. The van der Waals surface area contributed by atoms with Crippen LogP contribution in [0.1, 0.15) is 38.7 Å². The molecule has 0 spiro atoms. The van der Waals surface area contributed by atoms with Gasteiger partial charge in [-0.3, -0.25) is 5.41 Å². The van der Waals surface area contributed by atoms with Crippen LogP contribution < -0.4 is 10.5 Å². The van der Waals surface area contributed by atoms with E-state index in [1.54, 1.807) is 25.1 Å². The molecule has 0 unspecified atom stereocenters. The summed E-state index contributed by atoms with van der Waals surface area (Å²) in [5.41, 5.74) is 5.84. The Morgan fingerprint density at radius 3 is 2.68 bits per heavy atom. The Morgan fingerprint density at radius 1 is 1.37 bits per heavy atom. The summed E-state index contributed by atoms with van der Waals surface area (Å²) in [6.45, 7) is 6.11. The molecular weight excluding hydrogens is 243 g/mol. The zero-order valence-electron chi connectivity index (χ0n) is 11.9. The van der Waals surface area contributed by atoms with Crippen LogP contribution in [0.25, 0.3) is 0 Å². The first kappa shape index (κ1) is 15.5. The van der Waals surface area contributed by atoms with Crippen molar-refractivity contribution in [2.75, 3.05) is 6.61 Å². The minimum Gasteiger partial charge on any atom is -0.491 e. The normalized spacial score (nSPS) is 11.4. The fourth-order valence-corrected chi connectivity index (χ4v) is 1.72. The Balaban J connectivity index is 2.32. The van der Waals surface area contributed by atoms with Gasteiger partial charge in [0.2, 0.25) is 0 Å². The molecule has 0 aliphatic rings. The SMILES string of the molecule is Cc1cccc(OCCCCC(C)(C)C(=N)N)c1F. The van der Waals surface area contributed by atoms with Crippen molar-refractivity contribution in [2.45, 2.75) is 40.0 Å². The smallest absolute Gasteiger partial charge is 0.167 e. The molecule has 0 saturated carbocycles. The van der Waals surface area contributed by atoms with Crippen LogP contribution in [-0.4, -0.2) is 12.4 Å². The van der Waals surface area contributed by atoms with Crippen LogP contribution in [0.5, 0.6) is 5.75 Å². The molecule has 1 aromatic rings. The van der Waals surface area contributed by atoms with Gasteiger partial charge in [-0.25, -0.2) is 4.39 Å². The van der Waals surface area contributed by atoms with E-state index in [1.165, 1.54) is 0 Å². The summed E-state index contributed by atoms with van der Waals surface area (Å²) in [7, 11) is 0. The number of nitrogens with one attached hydrogen (secondary N) is 1. The molecule has 0 radical (unpaired) electrons. The van der Waals surface area contributed by atoms with Crippen LogP contribution >= 0.6 is 0 Å². The first-order valence-electron chi connectivity index (χ1n) is 6.57. The molecule has 0 aliphatic heterocycles. The molecule has 19 heavy (non-hydrogen) atoms. The van der Waals surface area contributed by atoms with Crippen molar-refractivity contribution in [3.63, 3.8) is 0 Å². The lowest BCUT2D eigenvalue weighted by Crippen LogP contribution is -2.30. The number of aryl methyl sites for hydroxylation is 1. The summed E-state index contributed by atoms with van der Waals surface area (Å²) in [5.74, 6) is 0.232. The van der Waals surface area contributed by atoms with Crippen molar-refractivity contribution in [3.05, 3.63) is 29.6 Å². The molecule has 0 heterocycles. The van der Waals surface area contributed by atoms with Gasteiger partial charge in [0.1, 0.15) is 0 Å². The van der Waals surface area contributed by atoms with Crippen LogP contribution in [0.3, 0.4) is 0 Å². The highest BCUT2D eigenvalue weighted by atomic mass is 19.1. The number of hydrogen-bond donors (Lipinski definition) is 2. The van der Waals surface area contributed by atoms with Gasteiger partial charge in [-0.05, 0) is 37.8 Å². The van der Waals surface area contributed by atoms with Crippen molar-refractivity contribution >= 4 is 5.84 Å². The fraction of sp³-hybridized carbons (Fsp3) is 0.533. The van der Waals surface area contributed by atoms with E-state index in [4.69, 9.17) is 15.9 Å². The molecule has 3 N–H and O–H groups in total. The van der Waals surface area contributed by atoms with Gasteiger partial charge in [-0.2, -0.15) is 0 Å². The van der Waals surface area contributed by atoms with E-state index in [0.717, 1.165) is 19.3 Å². The minimum absolute atomic E-state index is 0.207. The number of halogens is 1. The Kier molecular flexibility index (Phi) is 5.33. The van der Waals surface area contributed by atoms with Gasteiger partial charge >= 0.3 is 0 Å². The first-order valence-corrected chi connectivity index (χ1v) is 6.57. The zero-order chi connectivity index (χ0) is 14.5. The number of hydrogen-bond acceptors (Lipinski definition) is 2. The van der Waals surface area contributed by atoms with E-state index in [0.29, 0.717) is 17.9 Å². The van der Waals surface area contributed by atoms with E-state index < -0.39 is 0 Å². The van der Waals surface area contributed by atoms with E-state index in [2.05, 4.69) is 0 Å². The van der Waals surface area contributed by atoms with Crippen molar-refractivity contribution in [1.29, 1.82) is 5.41 Å². The first-order chi connectivity index (χ1) is 8.84. The third-order valence-electron chi connectivity index (χ3n) is 3.34. The molecule has 0 fully saturated rings. The number of unbranched alkanes of at least 4 members (excludes halogenated alkanes) is 1. The molecule has 0 saturated heterocycles. The van der Waals surface area contributed by atoms with Gasteiger partial charge in [0.15, 0.2) is 11.6 Å². The van der Waals surface area contributed by atoms with E-state index in [9.17, 15) is 4.39 Å². The third kappa shape index (κ3) is 4.54. The van der Waals surface area contributed by atoms with Gasteiger partial charge in [0, 0.05) is 5.41 Å². The molecule has 1 rings (SSSR count). The second-order valence-electron chi connectivity index (χ2n) is 5.49. The zero-order valence-corrected chi connectivity index (χ0v) is 11.9. The van der Waals surface area contributed by atoms with Crippen LogP contribution in [-0.2, 0) is 0 Å². The third-order valence-corrected chi connectivity index (χ3v) is 3.34. The topological polar surface area (TPSA) is 59.1 Å². The summed E-state index contributed by atoms with van der Waals surface area (Å²) < 4.78 is 19.1. The quantitative estimate of drug-likeness (QED) is 0.449. The van der Waals surface area contributed by atoms with E-state index in [-0.39, 0.29) is 17.1 Å². The van der Waals surface area contributed by atoms with Crippen LogP contribution in [0.2, 0.25) is 0 Å². The lowest BCUT2D eigenvalue weighted by Gasteiger charge is -2.22. The van der Waals surface area contributed by atoms with Gasteiger partial charge in [0.05, 0.1) is 12.4 Å². The van der Waals surface area contributed by atoms with Gasteiger partial charge in [-0.1, -0.05) is 26.0 Å². The second kappa shape index (κ2) is 6.55. The van der Waals surface area contributed by atoms with Crippen molar-refractivity contribution < 1.29 is 9.13 Å². The largest absolute Gasteiger partial charge is 0.491 e. The summed E-state index contributed by atoms with van der Waals surface area (Å²) in [4.78, 5) is 0. The summed E-state index contributed by atoms with van der Waals surface area (Å²) in [6.07, 6.45) is 2.56. The van der Waals surface area contributed by atoms with Crippen LogP contribution in [0.4, 0.5) is 4.39 Å². The molecule has 0 aliphatic carbocycles. The Labute approximate surface area is 114 Å². The summed E-state index contributed by atoms with van der Waals surface area (Å²) in [6, 6.07) is 5.14. The number of nitrogens with two attached hydrogens (primary N) is 1. The van der Waals surface area contributed by atoms with E-state index in [1.807, 2.05) is 13.8 Å². The fourth-order valence-electron chi connectivity index (χ4n) is 1.72. The van der Waals surface area contributed by atoms with Crippen molar-refractivity contribution in [2.24, 2.45) is 11.1 Å². The molecule has 3 nitrogen and oxygen atoms in total. The Morgan fingerprint density at radius 2 is 2.05 bits per heavy atom. The van der Waals surface area contributed by atoms with Crippen LogP contribution in [0.15, 0.2) is 18.2 Å². The highest BCUT2D eigenvalue weighted by molar-refractivity contribution is 5.82. The Hall–Kier alpha value is -1.58. The lowest BCUT2D eigenvalue weighted by atomic mass is 9.86. The molecule has 0 aromatic heterocycles. The van der Waals surface area contributed by atoms with Gasteiger partial charge < -0.3 is 10.5 Å². The van der Waals surface area contributed by atoms with E-state index >= 15 is 0 Å². The predicted molar refractivity (Wildman–Crippen MR) is 76.2 cm³/mol. The molecule has 0 atom stereocenters. The average Bonchev–Trinajstić information content (AvgIpc) is 2.33. The number of amidine groups is 1. The molecule has 106 valence electrons. The highest BCUT2D eigenvalue weighted by Crippen LogP contribution is 2.23. The standard InChI is InChI=1S/C15H23FN2O/c1-11-7-6-8-12(13(11)16)19-10-5-4-9-15(2,3)14(17)18/h6-8H,4-5,9-10H2,1-3H3,(H3,17,18). The molecule has 0 amide bonds. The number of benzene rings is 1. The van der Waals surface area contributed by atoms with Gasteiger partial charge in [0.25, 0.3) is 0 Å². The minimum atomic E-state index is -0.286.